The number of likely N-dealkylation sites (tertiary alicyclic amines) is 1. The van der Waals surface area contributed by atoms with Gasteiger partial charge in [-0.3, -0.25) is 0 Å². The van der Waals surface area contributed by atoms with Gasteiger partial charge < -0.3 is 10.0 Å². The van der Waals surface area contributed by atoms with Crippen molar-refractivity contribution in [3.05, 3.63) is 59.7 Å². The van der Waals surface area contributed by atoms with Crippen LogP contribution in [0.4, 0.5) is 13.6 Å². The number of hydrogen-bond acceptors (Lipinski definition) is 3. The van der Waals surface area contributed by atoms with Crippen LogP contribution in [-0.4, -0.2) is 49.4 Å². The molecule has 0 bridgehead atoms. The van der Waals surface area contributed by atoms with Gasteiger partial charge in [0.25, 0.3) is 0 Å². The summed E-state index contributed by atoms with van der Waals surface area (Å²) >= 11 is 0. The summed E-state index contributed by atoms with van der Waals surface area (Å²) < 4.78 is 54.3. The van der Waals surface area contributed by atoms with Crippen LogP contribution >= 0.6 is 0 Å². The average Bonchev–Trinajstić information content (AvgIpc) is 2.97. The van der Waals surface area contributed by atoms with Gasteiger partial charge in [-0.05, 0) is 36.1 Å². The van der Waals surface area contributed by atoms with Gasteiger partial charge in [-0.1, -0.05) is 30.3 Å². The van der Waals surface area contributed by atoms with Gasteiger partial charge >= 0.3 is 6.09 Å². The molecule has 0 radical (unpaired) electrons. The van der Waals surface area contributed by atoms with E-state index in [-0.39, 0.29) is 24.1 Å². The van der Waals surface area contributed by atoms with Crippen LogP contribution in [0, 0.1) is 11.6 Å². The molecule has 1 saturated heterocycles. The number of carbonyl (C=O) groups is 1. The third kappa shape index (κ3) is 4.48. The van der Waals surface area contributed by atoms with Gasteiger partial charge in [0, 0.05) is 18.2 Å². The second-order valence-corrected chi connectivity index (χ2v) is 8.60. The number of hydrogen-bond donors (Lipinski definition) is 2. The number of carboxylic acid groups (broad SMARTS) is 1. The highest BCUT2D eigenvalue weighted by Gasteiger charge is 2.39. The second-order valence-electron chi connectivity index (χ2n) is 6.82. The normalized spacial score (nSPS) is 19.8. The highest BCUT2D eigenvalue weighted by Crippen LogP contribution is 2.29. The highest BCUT2D eigenvalue weighted by molar-refractivity contribution is 7.88. The minimum atomic E-state index is -3.55. The Balaban J connectivity index is 1.94. The largest absolute Gasteiger partial charge is 0.465 e. The topological polar surface area (TPSA) is 86.7 Å². The van der Waals surface area contributed by atoms with Crippen molar-refractivity contribution in [2.75, 3.05) is 12.8 Å². The van der Waals surface area contributed by atoms with Crippen LogP contribution in [-0.2, 0) is 16.4 Å². The molecule has 0 aromatic heterocycles. The summed E-state index contributed by atoms with van der Waals surface area (Å²) in [6, 6.07) is 8.79. The molecule has 6 nitrogen and oxygen atoms in total. The molecule has 1 amide bonds. The number of nitrogens with one attached hydrogen (secondary N) is 1. The molecule has 2 aromatic rings. The van der Waals surface area contributed by atoms with E-state index >= 15 is 4.39 Å². The standard InChI is InChI=1S/C19H20F2N2O4S/c1-28(26,27)22-16-8-9-23(19(24)25)17(16)11-13-5-3-7-15(18(13)21)12-4-2-6-14(20)10-12/h2-7,10,16-17,22H,8-9,11H2,1H3,(H,24,25)/t16-,17-/m0/s1. The van der Waals surface area contributed by atoms with Crippen molar-refractivity contribution in [2.45, 2.75) is 24.9 Å². The molecule has 2 atom stereocenters. The van der Waals surface area contributed by atoms with Gasteiger partial charge in [-0.15, -0.1) is 0 Å². The average molecular weight is 410 g/mol. The quantitative estimate of drug-likeness (QED) is 0.794. The lowest BCUT2D eigenvalue weighted by Crippen LogP contribution is -2.47. The Morgan fingerprint density at radius 1 is 1.25 bits per heavy atom. The zero-order chi connectivity index (χ0) is 20.5. The van der Waals surface area contributed by atoms with Crippen molar-refractivity contribution in [3.8, 4) is 11.1 Å². The molecule has 28 heavy (non-hydrogen) atoms. The monoisotopic (exact) mass is 410 g/mol. The fourth-order valence-corrected chi connectivity index (χ4v) is 4.42. The SMILES string of the molecule is CS(=O)(=O)N[C@H]1CCN(C(=O)O)[C@H]1Cc1cccc(-c2cccc(F)c2)c1F. The van der Waals surface area contributed by atoms with E-state index in [0.717, 1.165) is 11.2 Å². The van der Waals surface area contributed by atoms with E-state index in [4.69, 9.17) is 0 Å². The third-order valence-electron chi connectivity index (χ3n) is 4.80. The maximum Gasteiger partial charge on any atom is 0.407 e. The van der Waals surface area contributed by atoms with Crippen LogP contribution in [0.3, 0.4) is 0 Å². The van der Waals surface area contributed by atoms with Crippen molar-refractivity contribution in [1.29, 1.82) is 0 Å². The van der Waals surface area contributed by atoms with Crippen LogP contribution < -0.4 is 4.72 Å². The Hall–Kier alpha value is -2.52. The van der Waals surface area contributed by atoms with Crippen molar-refractivity contribution in [1.82, 2.24) is 9.62 Å². The fourth-order valence-electron chi connectivity index (χ4n) is 3.60. The van der Waals surface area contributed by atoms with E-state index in [0.29, 0.717) is 12.0 Å². The zero-order valence-corrected chi connectivity index (χ0v) is 15.9. The smallest absolute Gasteiger partial charge is 0.407 e. The van der Waals surface area contributed by atoms with Gasteiger partial charge in [-0.25, -0.2) is 26.7 Å². The molecule has 1 fully saturated rings. The van der Waals surface area contributed by atoms with E-state index in [1.807, 2.05) is 0 Å². The molecular weight excluding hydrogens is 390 g/mol. The molecule has 0 unspecified atom stereocenters. The molecule has 9 heteroatoms. The summed E-state index contributed by atoms with van der Waals surface area (Å²) in [6.45, 7) is 0.151. The minimum absolute atomic E-state index is 0.00548. The number of sulfonamides is 1. The lowest BCUT2D eigenvalue weighted by molar-refractivity contribution is 0.137. The number of rotatable bonds is 5. The summed E-state index contributed by atoms with van der Waals surface area (Å²) in [5.74, 6) is -1.07. The molecule has 0 aliphatic carbocycles. The van der Waals surface area contributed by atoms with Crippen LogP contribution in [0.25, 0.3) is 11.1 Å². The number of benzene rings is 2. The Kier molecular flexibility index (Phi) is 5.66. The molecule has 1 aliphatic heterocycles. The van der Waals surface area contributed by atoms with Gasteiger partial charge in [0.05, 0.1) is 12.3 Å². The molecule has 1 heterocycles. The summed E-state index contributed by atoms with van der Waals surface area (Å²) in [6.07, 6.45) is 0.104. The number of halogens is 2. The first-order valence-corrected chi connectivity index (χ1v) is 10.5. The molecule has 2 aromatic carbocycles. The van der Waals surface area contributed by atoms with Crippen LogP contribution in [0.5, 0.6) is 0 Å². The first kappa shape index (κ1) is 20.2. The molecular formula is C19H20F2N2O4S. The maximum atomic E-state index is 15.1. The fraction of sp³-hybridized carbons (Fsp3) is 0.316. The van der Waals surface area contributed by atoms with E-state index in [2.05, 4.69) is 4.72 Å². The van der Waals surface area contributed by atoms with Crippen molar-refractivity contribution in [2.24, 2.45) is 0 Å². The van der Waals surface area contributed by atoms with E-state index in [1.54, 1.807) is 12.1 Å². The third-order valence-corrected chi connectivity index (χ3v) is 5.53. The predicted octanol–water partition coefficient (Wildman–Crippen LogP) is 2.84. The zero-order valence-electron chi connectivity index (χ0n) is 15.1. The second kappa shape index (κ2) is 7.84. The lowest BCUT2D eigenvalue weighted by atomic mass is 9.96. The van der Waals surface area contributed by atoms with Crippen LogP contribution in [0.1, 0.15) is 12.0 Å². The van der Waals surface area contributed by atoms with Gasteiger partial charge in [0.2, 0.25) is 10.0 Å². The van der Waals surface area contributed by atoms with Gasteiger partial charge in [0.15, 0.2) is 0 Å². The molecule has 0 spiro atoms. The molecule has 2 N–H and O–H groups in total. The lowest BCUT2D eigenvalue weighted by Gasteiger charge is -2.26. The first-order valence-electron chi connectivity index (χ1n) is 8.66. The van der Waals surface area contributed by atoms with Gasteiger partial charge in [-0.2, -0.15) is 0 Å². The highest BCUT2D eigenvalue weighted by atomic mass is 32.2. The van der Waals surface area contributed by atoms with E-state index < -0.39 is 39.8 Å². The van der Waals surface area contributed by atoms with Crippen LogP contribution in [0.15, 0.2) is 42.5 Å². The Bertz CT molecular complexity index is 997. The number of nitrogens with zero attached hydrogens (tertiary/aromatic N) is 1. The first-order chi connectivity index (χ1) is 13.2. The number of amides is 1. The van der Waals surface area contributed by atoms with Gasteiger partial charge in [0.1, 0.15) is 11.6 Å². The Morgan fingerprint density at radius 3 is 2.61 bits per heavy atom. The summed E-state index contributed by atoms with van der Waals surface area (Å²) in [7, 11) is -3.55. The summed E-state index contributed by atoms with van der Waals surface area (Å²) in [5, 5.41) is 9.42. The summed E-state index contributed by atoms with van der Waals surface area (Å²) in [5.41, 5.74) is 0.802. The Morgan fingerprint density at radius 2 is 1.96 bits per heavy atom. The van der Waals surface area contributed by atoms with Crippen molar-refractivity contribution >= 4 is 16.1 Å². The van der Waals surface area contributed by atoms with Crippen molar-refractivity contribution in [3.63, 3.8) is 0 Å². The van der Waals surface area contributed by atoms with E-state index in [9.17, 15) is 22.7 Å². The molecule has 0 saturated carbocycles. The summed E-state index contributed by atoms with van der Waals surface area (Å²) in [4.78, 5) is 12.7. The predicted molar refractivity (Wildman–Crippen MR) is 100 cm³/mol. The molecule has 3 rings (SSSR count). The maximum absolute atomic E-state index is 15.1. The van der Waals surface area contributed by atoms with Crippen LogP contribution in [0.2, 0.25) is 0 Å². The molecule has 150 valence electrons. The van der Waals surface area contributed by atoms with Crippen molar-refractivity contribution < 1.29 is 27.1 Å². The Labute approximate surface area is 161 Å². The van der Waals surface area contributed by atoms with E-state index in [1.165, 1.54) is 30.3 Å². The minimum Gasteiger partial charge on any atom is -0.465 e. The molecule has 1 aliphatic rings.